The van der Waals surface area contributed by atoms with Crippen LogP contribution in [0.5, 0.6) is 0 Å². The molecule has 2 rings (SSSR count). The Labute approximate surface area is 152 Å². The number of aryl methyl sites for hydroxylation is 1. The predicted octanol–water partition coefficient (Wildman–Crippen LogP) is 3.11. The molecule has 1 aromatic rings. The minimum Gasteiger partial charge on any atom is -0.356 e. The molecule has 1 saturated heterocycles. The molecule has 25 heavy (non-hydrogen) atoms. The smallest absolute Gasteiger partial charge is 0.250 e. The van der Waals surface area contributed by atoms with Crippen molar-refractivity contribution in [2.75, 3.05) is 26.7 Å². The van der Waals surface area contributed by atoms with E-state index in [1.165, 1.54) is 25.7 Å². The maximum Gasteiger partial charge on any atom is 0.250 e. The van der Waals surface area contributed by atoms with Crippen molar-refractivity contribution in [1.29, 1.82) is 0 Å². The standard InChI is InChI=1S/C20H34N4O/c1-4-11-20(2)12-9-16-24(17-20)19(21-3)22-13-6-8-15-23-14-7-5-10-18(23)25/h5,7,10,14H,4,6,8-9,11-13,15-17H2,1-3H3,(H,21,22). The molecule has 0 aromatic carbocycles. The number of aromatic nitrogens is 1. The van der Waals surface area contributed by atoms with Gasteiger partial charge in [-0.15, -0.1) is 0 Å². The molecule has 0 bridgehead atoms. The van der Waals surface area contributed by atoms with Crippen molar-refractivity contribution < 1.29 is 0 Å². The number of likely N-dealkylation sites (tertiary alicyclic amines) is 1. The molecule has 0 amide bonds. The van der Waals surface area contributed by atoms with Crippen molar-refractivity contribution in [3.05, 3.63) is 34.7 Å². The van der Waals surface area contributed by atoms with Crippen LogP contribution >= 0.6 is 0 Å². The molecule has 0 saturated carbocycles. The van der Waals surface area contributed by atoms with Crippen LogP contribution in [-0.4, -0.2) is 42.1 Å². The average Bonchev–Trinajstić information content (AvgIpc) is 2.59. The van der Waals surface area contributed by atoms with E-state index in [1.807, 2.05) is 19.3 Å². The zero-order valence-electron chi connectivity index (χ0n) is 16.1. The highest BCUT2D eigenvalue weighted by Gasteiger charge is 2.31. The van der Waals surface area contributed by atoms with E-state index in [0.717, 1.165) is 45.0 Å². The van der Waals surface area contributed by atoms with E-state index in [0.29, 0.717) is 5.41 Å². The molecule has 1 aromatic heterocycles. The van der Waals surface area contributed by atoms with Gasteiger partial charge < -0.3 is 14.8 Å². The van der Waals surface area contributed by atoms with Gasteiger partial charge in [-0.2, -0.15) is 0 Å². The van der Waals surface area contributed by atoms with Gasteiger partial charge >= 0.3 is 0 Å². The number of piperidine rings is 1. The first-order valence-electron chi connectivity index (χ1n) is 9.69. The molecule has 2 heterocycles. The number of nitrogens with one attached hydrogen (secondary N) is 1. The summed E-state index contributed by atoms with van der Waals surface area (Å²) in [4.78, 5) is 18.6. The largest absolute Gasteiger partial charge is 0.356 e. The van der Waals surface area contributed by atoms with Crippen molar-refractivity contribution in [3.63, 3.8) is 0 Å². The fourth-order valence-electron chi connectivity index (χ4n) is 3.89. The van der Waals surface area contributed by atoms with Crippen LogP contribution in [0.1, 0.15) is 52.4 Å². The van der Waals surface area contributed by atoms with Crippen molar-refractivity contribution in [1.82, 2.24) is 14.8 Å². The summed E-state index contributed by atoms with van der Waals surface area (Å²) in [7, 11) is 1.87. The van der Waals surface area contributed by atoms with Gasteiger partial charge in [-0.25, -0.2) is 0 Å². The van der Waals surface area contributed by atoms with Gasteiger partial charge in [0.2, 0.25) is 5.56 Å². The topological polar surface area (TPSA) is 49.6 Å². The lowest BCUT2D eigenvalue weighted by Gasteiger charge is -2.42. The Morgan fingerprint density at radius 1 is 1.36 bits per heavy atom. The zero-order valence-corrected chi connectivity index (χ0v) is 16.1. The van der Waals surface area contributed by atoms with E-state index < -0.39 is 0 Å². The summed E-state index contributed by atoms with van der Waals surface area (Å²) in [5, 5.41) is 3.51. The molecule has 1 fully saturated rings. The summed E-state index contributed by atoms with van der Waals surface area (Å²) in [6.45, 7) is 8.55. The van der Waals surface area contributed by atoms with E-state index in [1.54, 1.807) is 16.7 Å². The number of rotatable bonds is 7. The molecule has 5 heteroatoms. The van der Waals surface area contributed by atoms with E-state index in [2.05, 4.69) is 29.1 Å². The number of unbranched alkanes of at least 4 members (excludes halogenated alkanes) is 1. The minimum atomic E-state index is 0.0785. The third-order valence-corrected chi connectivity index (χ3v) is 5.15. The Kier molecular flexibility index (Phi) is 7.53. The number of guanidine groups is 1. The van der Waals surface area contributed by atoms with E-state index >= 15 is 0 Å². The molecule has 140 valence electrons. The molecule has 0 radical (unpaired) electrons. The second kappa shape index (κ2) is 9.64. The van der Waals surface area contributed by atoms with Gasteiger partial charge in [0.1, 0.15) is 0 Å². The van der Waals surface area contributed by atoms with Gasteiger partial charge in [0.15, 0.2) is 5.96 Å². The normalized spacial score (nSPS) is 21.4. The van der Waals surface area contributed by atoms with E-state index in [-0.39, 0.29) is 5.56 Å². The molecule has 5 nitrogen and oxygen atoms in total. The van der Waals surface area contributed by atoms with E-state index in [4.69, 9.17) is 0 Å². The Morgan fingerprint density at radius 2 is 2.20 bits per heavy atom. The predicted molar refractivity (Wildman–Crippen MR) is 105 cm³/mol. The maximum absolute atomic E-state index is 11.7. The summed E-state index contributed by atoms with van der Waals surface area (Å²) in [6.07, 6.45) is 8.97. The third kappa shape index (κ3) is 5.91. The number of hydrogen-bond donors (Lipinski definition) is 1. The van der Waals surface area contributed by atoms with Gasteiger partial charge in [0, 0.05) is 45.5 Å². The summed E-state index contributed by atoms with van der Waals surface area (Å²) in [5.74, 6) is 1.03. The van der Waals surface area contributed by atoms with Crippen LogP contribution in [0, 0.1) is 5.41 Å². The summed E-state index contributed by atoms with van der Waals surface area (Å²) in [6, 6.07) is 5.31. The minimum absolute atomic E-state index is 0.0785. The summed E-state index contributed by atoms with van der Waals surface area (Å²) in [5.41, 5.74) is 0.494. The fourth-order valence-corrected chi connectivity index (χ4v) is 3.89. The highest BCUT2D eigenvalue weighted by Crippen LogP contribution is 2.33. The van der Waals surface area contributed by atoms with Crippen LogP contribution in [0.4, 0.5) is 0 Å². The Morgan fingerprint density at radius 3 is 2.92 bits per heavy atom. The quantitative estimate of drug-likeness (QED) is 0.469. The zero-order chi connectivity index (χ0) is 18.1. The van der Waals surface area contributed by atoms with Crippen LogP contribution in [0.2, 0.25) is 0 Å². The van der Waals surface area contributed by atoms with E-state index in [9.17, 15) is 4.79 Å². The second-order valence-corrected chi connectivity index (χ2v) is 7.50. The third-order valence-electron chi connectivity index (χ3n) is 5.15. The monoisotopic (exact) mass is 346 g/mol. The van der Waals surface area contributed by atoms with Gasteiger partial charge in [-0.3, -0.25) is 9.79 Å². The molecular weight excluding hydrogens is 312 g/mol. The van der Waals surface area contributed by atoms with Gasteiger partial charge in [-0.1, -0.05) is 26.3 Å². The van der Waals surface area contributed by atoms with Gasteiger partial charge in [0.25, 0.3) is 0 Å². The Bertz CT molecular complexity index is 606. The molecule has 1 aliphatic heterocycles. The molecule has 0 spiro atoms. The maximum atomic E-state index is 11.7. The average molecular weight is 347 g/mol. The number of aliphatic imine (C=N–C) groups is 1. The number of hydrogen-bond acceptors (Lipinski definition) is 2. The lowest BCUT2D eigenvalue weighted by atomic mass is 9.78. The summed E-state index contributed by atoms with van der Waals surface area (Å²) >= 11 is 0. The fraction of sp³-hybridized carbons (Fsp3) is 0.700. The summed E-state index contributed by atoms with van der Waals surface area (Å²) < 4.78 is 1.77. The molecule has 1 aliphatic rings. The molecule has 0 aliphatic carbocycles. The molecule has 1 atom stereocenters. The van der Waals surface area contributed by atoms with Crippen LogP contribution in [-0.2, 0) is 6.54 Å². The van der Waals surface area contributed by atoms with Gasteiger partial charge in [0.05, 0.1) is 0 Å². The van der Waals surface area contributed by atoms with Crippen LogP contribution in [0.25, 0.3) is 0 Å². The number of nitrogens with zero attached hydrogens (tertiary/aromatic N) is 3. The lowest BCUT2D eigenvalue weighted by molar-refractivity contribution is 0.142. The van der Waals surface area contributed by atoms with Crippen LogP contribution in [0.15, 0.2) is 34.2 Å². The Balaban J connectivity index is 1.75. The highest BCUT2D eigenvalue weighted by atomic mass is 16.1. The van der Waals surface area contributed by atoms with Crippen LogP contribution in [0.3, 0.4) is 0 Å². The second-order valence-electron chi connectivity index (χ2n) is 7.50. The van der Waals surface area contributed by atoms with Crippen LogP contribution < -0.4 is 10.9 Å². The molecule has 1 N–H and O–H groups in total. The highest BCUT2D eigenvalue weighted by molar-refractivity contribution is 5.80. The van der Waals surface area contributed by atoms with Gasteiger partial charge in [-0.05, 0) is 43.6 Å². The Hall–Kier alpha value is -1.78. The first-order valence-corrected chi connectivity index (χ1v) is 9.69. The first kappa shape index (κ1) is 19.5. The molecule has 1 unspecified atom stereocenters. The van der Waals surface area contributed by atoms with Crippen molar-refractivity contribution in [2.24, 2.45) is 10.4 Å². The lowest BCUT2D eigenvalue weighted by Crippen LogP contribution is -2.50. The van der Waals surface area contributed by atoms with Crippen molar-refractivity contribution >= 4 is 5.96 Å². The number of pyridine rings is 1. The van der Waals surface area contributed by atoms with Crippen molar-refractivity contribution in [2.45, 2.75) is 58.9 Å². The first-order chi connectivity index (χ1) is 12.1. The van der Waals surface area contributed by atoms with Crippen molar-refractivity contribution in [3.8, 4) is 0 Å². The molecular formula is C20H34N4O. The SMILES string of the molecule is CCCC1(C)CCCN(C(=NC)NCCCCn2ccccc2=O)C1.